The molecule has 11 heteroatoms. The minimum Gasteiger partial charge on any atom is -0.664 e. The molecule has 0 aromatic carbocycles. The average Bonchev–Trinajstić information content (AvgIpc) is 2.68. The smallest absolute Gasteiger partial charge is 0.664 e. The number of piperidine rings is 1. The molecule has 165 valence electrons. The average molecular weight is 458 g/mol. The van der Waals surface area contributed by atoms with Crippen LogP contribution in [0.15, 0.2) is 47.9 Å². The molecular weight excluding hydrogens is 432 g/mol. The van der Waals surface area contributed by atoms with Gasteiger partial charge < -0.3 is 21.0 Å². The van der Waals surface area contributed by atoms with Crippen molar-refractivity contribution in [1.29, 1.82) is 0 Å². The van der Waals surface area contributed by atoms with Crippen molar-refractivity contribution in [3.63, 3.8) is 0 Å². The van der Waals surface area contributed by atoms with Crippen molar-refractivity contribution < 1.29 is 37.7 Å². The van der Waals surface area contributed by atoms with Gasteiger partial charge in [0.2, 0.25) is 0 Å². The van der Waals surface area contributed by atoms with Crippen molar-refractivity contribution >= 4 is 0 Å². The SMILES string of the molecule is C1=CCC2=CC=C[N-]C2=C1.C1CCC2[N-]CCCC2C1.O=[N+]([O-])O.O=[N+]([O-])O.[Cu+2]. The second-order valence-electron chi connectivity index (χ2n) is 6.48. The number of rotatable bonds is 0. The molecule has 10 nitrogen and oxygen atoms in total. The minimum atomic E-state index is -1.50. The first kappa shape index (κ1) is 26.6. The summed E-state index contributed by atoms with van der Waals surface area (Å²) in [6, 6.07) is 0.780. The number of fused-ring (bicyclic) bond motifs is 2. The van der Waals surface area contributed by atoms with Crippen LogP contribution in [0, 0.1) is 26.1 Å². The fraction of sp³-hybridized carbons (Fsp3) is 0.556. The van der Waals surface area contributed by atoms with Crippen molar-refractivity contribution in [2.45, 2.75) is 51.0 Å². The molecule has 2 atom stereocenters. The van der Waals surface area contributed by atoms with E-state index < -0.39 is 10.2 Å². The second-order valence-corrected chi connectivity index (χ2v) is 6.48. The first-order valence-corrected chi connectivity index (χ1v) is 9.17. The van der Waals surface area contributed by atoms with E-state index in [0.717, 1.165) is 30.6 Å². The van der Waals surface area contributed by atoms with E-state index in [1.807, 2.05) is 18.4 Å². The van der Waals surface area contributed by atoms with E-state index >= 15 is 0 Å². The summed E-state index contributed by atoms with van der Waals surface area (Å²) in [7, 11) is 0. The fourth-order valence-electron chi connectivity index (χ4n) is 3.50. The zero-order valence-electron chi connectivity index (χ0n) is 15.9. The molecule has 2 aliphatic carbocycles. The maximum Gasteiger partial charge on any atom is 2.00 e. The summed E-state index contributed by atoms with van der Waals surface area (Å²) in [6.07, 6.45) is 21.8. The summed E-state index contributed by atoms with van der Waals surface area (Å²) in [4.78, 5) is 16.7. The largest absolute Gasteiger partial charge is 2.00 e. The molecule has 2 aliphatic heterocycles. The third kappa shape index (κ3) is 12.7. The Morgan fingerprint density at radius 3 is 2.21 bits per heavy atom. The van der Waals surface area contributed by atoms with Crippen LogP contribution >= 0.6 is 0 Å². The molecule has 1 saturated heterocycles. The Labute approximate surface area is 180 Å². The maximum absolute atomic E-state index is 8.36. The van der Waals surface area contributed by atoms with Gasteiger partial charge in [0.1, 0.15) is 0 Å². The van der Waals surface area contributed by atoms with E-state index in [2.05, 4.69) is 28.9 Å². The molecule has 29 heavy (non-hydrogen) atoms. The Balaban J connectivity index is 0.000000391. The van der Waals surface area contributed by atoms with Crippen LogP contribution in [0.1, 0.15) is 44.9 Å². The molecule has 4 aliphatic rings. The predicted octanol–water partition coefficient (Wildman–Crippen LogP) is 4.67. The Bertz CT molecular complexity index is 562. The Hall–Kier alpha value is -2.36. The number of nitrogens with zero attached hydrogens (tertiary/aromatic N) is 4. The standard InChI is InChI=1S/C9H16N.C9H8N.Cu.2HNO3/c2*1-2-6-9-8(4-1)5-3-7-10-9;;2*2-1(3)4/h8-9H,1-7H2;1-3,5-7H,4H2;;2*(H,2,3,4)/q2*-1;+2;;. The van der Waals surface area contributed by atoms with Gasteiger partial charge in [-0.25, -0.2) is 0 Å². The van der Waals surface area contributed by atoms with Crippen molar-refractivity contribution in [2.75, 3.05) is 6.54 Å². The molecule has 1 saturated carbocycles. The molecule has 4 rings (SSSR count). The van der Waals surface area contributed by atoms with Crippen LogP contribution in [-0.2, 0) is 17.1 Å². The Kier molecular flexibility index (Phi) is 14.3. The van der Waals surface area contributed by atoms with Gasteiger partial charge in [0.25, 0.3) is 10.2 Å². The monoisotopic (exact) mass is 457 g/mol. The van der Waals surface area contributed by atoms with E-state index in [1.54, 1.807) is 0 Å². The van der Waals surface area contributed by atoms with Gasteiger partial charge >= 0.3 is 17.1 Å². The van der Waals surface area contributed by atoms with Crippen LogP contribution in [0.5, 0.6) is 0 Å². The van der Waals surface area contributed by atoms with Gasteiger partial charge in [0.15, 0.2) is 0 Å². The van der Waals surface area contributed by atoms with Crippen LogP contribution in [-0.4, -0.2) is 33.2 Å². The van der Waals surface area contributed by atoms with Crippen LogP contribution in [0.2, 0.25) is 0 Å². The zero-order valence-corrected chi connectivity index (χ0v) is 16.8. The van der Waals surface area contributed by atoms with Gasteiger partial charge in [0, 0.05) is 0 Å². The quantitative estimate of drug-likeness (QED) is 0.305. The van der Waals surface area contributed by atoms with Crippen LogP contribution in [0.4, 0.5) is 0 Å². The van der Waals surface area contributed by atoms with E-state index in [-0.39, 0.29) is 17.1 Å². The Morgan fingerprint density at radius 2 is 1.59 bits per heavy atom. The van der Waals surface area contributed by atoms with Crippen LogP contribution in [0.25, 0.3) is 10.6 Å². The molecule has 0 aromatic heterocycles. The number of hydrogen-bond donors (Lipinski definition) is 2. The van der Waals surface area contributed by atoms with Gasteiger partial charge in [-0.2, -0.15) is 6.20 Å². The normalized spacial score (nSPS) is 22.9. The molecule has 2 heterocycles. The van der Waals surface area contributed by atoms with E-state index in [1.165, 1.54) is 44.1 Å². The third-order valence-electron chi connectivity index (χ3n) is 4.62. The Morgan fingerprint density at radius 1 is 0.966 bits per heavy atom. The first-order chi connectivity index (χ1) is 13.4. The molecule has 2 fully saturated rings. The van der Waals surface area contributed by atoms with Gasteiger partial charge in [-0.1, -0.05) is 80.4 Å². The topological polar surface area (TPSA) is 155 Å². The summed E-state index contributed by atoms with van der Waals surface area (Å²) in [5, 5.41) is 36.1. The summed E-state index contributed by atoms with van der Waals surface area (Å²) < 4.78 is 0. The van der Waals surface area contributed by atoms with Gasteiger partial charge in [-0.3, -0.25) is 0 Å². The molecule has 0 amide bonds. The van der Waals surface area contributed by atoms with Gasteiger partial charge in [0.05, 0.1) is 0 Å². The molecule has 2 N–H and O–H groups in total. The molecule has 2 unspecified atom stereocenters. The van der Waals surface area contributed by atoms with E-state index in [0.29, 0.717) is 0 Å². The molecule has 0 bridgehead atoms. The first-order valence-electron chi connectivity index (χ1n) is 9.17. The van der Waals surface area contributed by atoms with Gasteiger partial charge in [-0.05, 0) is 6.42 Å². The van der Waals surface area contributed by atoms with Gasteiger partial charge in [-0.15, -0.1) is 38.5 Å². The minimum absolute atomic E-state index is 0. The number of hydrogen-bond acceptors (Lipinski definition) is 4. The zero-order chi connectivity index (χ0) is 20.8. The van der Waals surface area contributed by atoms with E-state index in [4.69, 9.17) is 30.6 Å². The third-order valence-corrected chi connectivity index (χ3v) is 4.62. The maximum atomic E-state index is 8.36. The van der Waals surface area contributed by atoms with Crippen molar-refractivity contribution in [1.82, 2.24) is 0 Å². The summed E-state index contributed by atoms with van der Waals surface area (Å²) in [5.41, 5.74) is 2.44. The fourth-order valence-corrected chi connectivity index (χ4v) is 3.50. The molecular formula is C18H26CuN4O6. The second kappa shape index (κ2) is 15.5. The molecule has 0 aromatic rings. The van der Waals surface area contributed by atoms with Crippen LogP contribution in [0.3, 0.4) is 0 Å². The summed E-state index contributed by atoms with van der Waals surface area (Å²) in [6.45, 7) is 1.15. The number of allylic oxidation sites excluding steroid dienone is 6. The summed E-state index contributed by atoms with van der Waals surface area (Å²) >= 11 is 0. The van der Waals surface area contributed by atoms with Crippen molar-refractivity contribution in [3.05, 3.63) is 78.7 Å². The van der Waals surface area contributed by atoms with Crippen LogP contribution < -0.4 is 0 Å². The van der Waals surface area contributed by atoms with E-state index in [9.17, 15) is 0 Å². The summed E-state index contributed by atoms with van der Waals surface area (Å²) in [5.74, 6) is 0.988. The van der Waals surface area contributed by atoms with Crippen molar-refractivity contribution in [2.24, 2.45) is 5.92 Å². The van der Waals surface area contributed by atoms with Crippen molar-refractivity contribution in [3.8, 4) is 0 Å². The molecule has 0 spiro atoms. The predicted molar refractivity (Wildman–Crippen MR) is 103 cm³/mol. The molecule has 1 radical (unpaired) electrons.